The monoisotopic (exact) mass is 389 g/mol. The van der Waals surface area contributed by atoms with Crippen LogP contribution in [-0.4, -0.2) is 16.0 Å². The summed E-state index contributed by atoms with van der Waals surface area (Å²) in [6.07, 6.45) is -3.50. The topological polar surface area (TPSA) is 68.0 Å². The van der Waals surface area contributed by atoms with Gasteiger partial charge in [0.25, 0.3) is 0 Å². The predicted octanol–water partition coefficient (Wildman–Crippen LogP) is 5.03. The summed E-state index contributed by atoms with van der Waals surface area (Å²) in [6, 6.07) is 12.2. The van der Waals surface area contributed by atoms with Crippen molar-refractivity contribution in [3.8, 4) is 11.4 Å². The normalized spacial score (nSPS) is 11.4. The van der Waals surface area contributed by atoms with Gasteiger partial charge in [0.05, 0.1) is 5.56 Å². The summed E-state index contributed by atoms with van der Waals surface area (Å²) >= 11 is 0. The van der Waals surface area contributed by atoms with Crippen LogP contribution in [-0.2, 0) is 17.4 Å². The number of hydrogen-bond acceptors (Lipinski definition) is 4. The van der Waals surface area contributed by atoms with Gasteiger partial charge in [-0.3, -0.25) is 4.79 Å². The third-order valence-corrected chi connectivity index (χ3v) is 4.05. The fourth-order valence-electron chi connectivity index (χ4n) is 2.57. The van der Waals surface area contributed by atoms with Crippen LogP contribution in [0.25, 0.3) is 11.4 Å². The van der Waals surface area contributed by atoms with Crippen LogP contribution in [0.2, 0.25) is 0 Å². The van der Waals surface area contributed by atoms with Crippen molar-refractivity contribution in [1.29, 1.82) is 0 Å². The van der Waals surface area contributed by atoms with Crippen LogP contribution in [0.5, 0.6) is 0 Å². The lowest BCUT2D eigenvalue weighted by Crippen LogP contribution is -2.13. The molecule has 3 rings (SSSR count). The van der Waals surface area contributed by atoms with Gasteiger partial charge in [0.1, 0.15) is 0 Å². The number of carbonyl (C=O) groups is 1. The first-order valence-corrected chi connectivity index (χ1v) is 8.68. The third kappa shape index (κ3) is 5.18. The zero-order chi connectivity index (χ0) is 20.1. The fourth-order valence-corrected chi connectivity index (χ4v) is 2.57. The highest BCUT2D eigenvalue weighted by molar-refractivity contribution is 5.90. The summed E-state index contributed by atoms with van der Waals surface area (Å²) < 4.78 is 43.3. The van der Waals surface area contributed by atoms with E-state index < -0.39 is 11.7 Å². The molecular weight excluding hydrogens is 371 g/mol. The Balaban J connectivity index is 1.50. The van der Waals surface area contributed by atoms with Crippen LogP contribution in [0, 0.1) is 6.92 Å². The standard InChI is InChI=1S/C20H18F3N3O2/c1-13-8-10-14(11-9-13)19-25-18(28-26-19)7-3-6-17(27)24-16-5-2-4-15(12-16)20(21,22)23/h2,4-5,8-12H,3,6-7H2,1H3,(H,24,27). The molecule has 0 unspecified atom stereocenters. The Morgan fingerprint density at radius 2 is 1.89 bits per heavy atom. The molecule has 28 heavy (non-hydrogen) atoms. The lowest BCUT2D eigenvalue weighted by molar-refractivity contribution is -0.137. The minimum absolute atomic E-state index is 0.110. The van der Waals surface area contributed by atoms with Crippen LogP contribution in [0.3, 0.4) is 0 Å². The van der Waals surface area contributed by atoms with Crippen molar-refractivity contribution in [3.63, 3.8) is 0 Å². The molecule has 0 radical (unpaired) electrons. The molecule has 1 heterocycles. The van der Waals surface area contributed by atoms with Crippen LogP contribution >= 0.6 is 0 Å². The number of benzene rings is 2. The van der Waals surface area contributed by atoms with Crippen molar-refractivity contribution in [2.75, 3.05) is 5.32 Å². The second kappa shape index (κ2) is 8.24. The molecule has 0 bridgehead atoms. The van der Waals surface area contributed by atoms with Gasteiger partial charge in [-0.05, 0) is 31.5 Å². The lowest BCUT2D eigenvalue weighted by atomic mass is 10.1. The molecule has 0 aliphatic rings. The van der Waals surface area contributed by atoms with Gasteiger partial charge in [-0.25, -0.2) is 0 Å². The number of nitrogens with zero attached hydrogens (tertiary/aromatic N) is 2. The first kappa shape index (κ1) is 19.6. The van der Waals surface area contributed by atoms with Gasteiger partial charge in [0.15, 0.2) is 0 Å². The van der Waals surface area contributed by atoms with Crippen LogP contribution in [0.15, 0.2) is 53.1 Å². The average molecular weight is 389 g/mol. The summed E-state index contributed by atoms with van der Waals surface area (Å²) in [7, 11) is 0. The molecule has 146 valence electrons. The van der Waals surface area contributed by atoms with Gasteiger partial charge in [-0.1, -0.05) is 41.1 Å². The van der Waals surface area contributed by atoms with Crippen molar-refractivity contribution in [1.82, 2.24) is 10.1 Å². The highest BCUT2D eigenvalue weighted by atomic mass is 19.4. The first-order valence-electron chi connectivity index (χ1n) is 8.68. The van der Waals surface area contributed by atoms with Gasteiger partial charge in [-0.2, -0.15) is 18.2 Å². The van der Waals surface area contributed by atoms with Crippen molar-refractivity contribution in [3.05, 3.63) is 65.5 Å². The highest BCUT2D eigenvalue weighted by Crippen LogP contribution is 2.30. The molecule has 0 spiro atoms. The maximum Gasteiger partial charge on any atom is 0.416 e. The quantitative estimate of drug-likeness (QED) is 0.642. The molecular formula is C20H18F3N3O2. The van der Waals surface area contributed by atoms with Crippen molar-refractivity contribution in [2.45, 2.75) is 32.4 Å². The van der Waals surface area contributed by atoms with Crippen molar-refractivity contribution < 1.29 is 22.5 Å². The predicted molar refractivity (Wildman–Crippen MR) is 97.5 cm³/mol. The summed E-state index contributed by atoms with van der Waals surface area (Å²) in [5.74, 6) is 0.503. The maximum absolute atomic E-state index is 12.7. The lowest BCUT2D eigenvalue weighted by Gasteiger charge is -2.09. The Kier molecular flexibility index (Phi) is 5.77. The van der Waals surface area contributed by atoms with Gasteiger partial charge in [0, 0.05) is 24.1 Å². The zero-order valence-corrected chi connectivity index (χ0v) is 15.1. The third-order valence-electron chi connectivity index (χ3n) is 4.05. The molecule has 2 aromatic carbocycles. The minimum Gasteiger partial charge on any atom is -0.339 e. The van der Waals surface area contributed by atoms with E-state index in [2.05, 4.69) is 15.5 Å². The van der Waals surface area contributed by atoms with E-state index in [1.807, 2.05) is 31.2 Å². The summed E-state index contributed by atoms with van der Waals surface area (Å²) in [5, 5.41) is 6.39. The van der Waals surface area contributed by atoms with E-state index in [1.54, 1.807) is 0 Å². The largest absolute Gasteiger partial charge is 0.416 e. The first-order chi connectivity index (χ1) is 13.3. The van der Waals surface area contributed by atoms with Gasteiger partial charge < -0.3 is 9.84 Å². The minimum atomic E-state index is -4.45. The van der Waals surface area contributed by atoms with Crippen LogP contribution in [0.1, 0.15) is 29.9 Å². The smallest absolute Gasteiger partial charge is 0.339 e. The van der Waals surface area contributed by atoms with E-state index in [4.69, 9.17) is 4.52 Å². The van der Waals surface area contributed by atoms with E-state index >= 15 is 0 Å². The molecule has 0 aliphatic carbocycles. The highest BCUT2D eigenvalue weighted by Gasteiger charge is 2.30. The Hall–Kier alpha value is -3.16. The van der Waals surface area contributed by atoms with Crippen LogP contribution < -0.4 is 5.32 Å². The van der Waals surface area contributed by atoms with E-state index in [9.17, 15) is 18.0 Å². The summed E-state index contributed by atoms with van der Waals surface area (Å²) in [4.78, 5) is 16.3. The average Bonchev–Trinajstić information content (AvgIpc) is 3.11. The molecule has 0 aliphatic heterocycles. The number of halogens is 3. The molecule has 1 aromatic heterocycles. The Labute approximate surface area is 159 Å². The fraction of sp³-hybridized carbons (Fsp3) is 0.250. The van der Waals surface area contributed by atoms with Crippen molar-refractivity contribution in [2.24, 2.45) is 0 Å². The molecule has 0 saturated carbocycles. The summed E-state index contributed by atoms with van der Waals surface area (Å²) in [5.41, 5.74) is 1.27. The van der Waals surface area contributed by atoms with E-state index in [-0.39, 0.29) is 18.0 Å². The maximum atomic E-state index is 12.7. The van der Waals surface area contributed by atoms with E-state index in [0.717, 1.165) is 23.3 Å². The number of alkyl halides is 3. The number of carbonyl (C=O) groups excluding carboxylic acids is 1. The molecule has 5 nitrogen and oxygen atoms in total. The van der Waals surface area contributed by atoms with Gasteiger partial charge >= 0.3 is 6.18 Å². The molecule has 0 saturated heterocycles. The number of nitrogens with one attached hydrogen (secondary N) is 1. The second-order valence-electron chi connectivity index (χ2n) is 6.36. The number of amides is 1. The number of anilines is 1. The van der Waals surface area contributed by atoms with E-state index in [0.29, 0.717) is 24.6 Å². The molecule has 3 aromatic rings. The SMILES string of the molecule is Cc1ccc(-c2noc(CCCC(=O)Nc3cccc(C(F)(F)F)c3)n2)cc1. The second-order valence-corrected chi connectivity index (χ2v) is 6.36. The molecule has 1 N–H and O–H groups in total. The molecule has 1 amide bonds. The number of aromatic nitrogens is 2. The Morgan fingerprint density at radius 1 is 1.14 bits per heavy atom. The van der Waals surface area contributed by atoms with Crippen LogP contribution in [0.4, 0.5) is 18.9 Å². The number of aryl methyl sites for hydroxylation is 2. The summed E-state index contributed by atoms with van der Waals surface area (Å²) in [6.45, 7) is 1.98. The van der Waals surface area contributed by atoms with Gasteiger partial charge in [0.2, 0.25) is 17.6 Å². The molecule has 8 heteroatoms. The van der Waals surface area contributed by atoms with E-state index in [1.165, 1.54) is 12.1 Å². The number of hydrogen-bond donors (Lipinski definition) is 1. The zero-order valence-electron chi connectivity index (χ0n) is 15.1. The number of rotatable bonds is 6. The molecule has 0 fully saturated rings. The molecule has 0 atom stereocenters. The Bertz CT molecular complexity index is 950. The Morgan fingerprint density at radius 3 is 2.61 bits per heavy atom. The van der Waals surface area contributed by atoms with Gasteiger partial charge in [-0.15, -0.1) is 0 Å². The van der Waals surface area contributed by atoms with Crippen molar-refractivity contribution >= 4 is 11.6 Å².